The van der Waals surface area contributed by atoms with Gasteiger partial charge in [0.2, 0.25) is 5.60 Å². The van der Waals surface area contributed by atoms with Gasteiger partial charge in [-0.05, 0) is 24.8 Å². The van der Waals surface area contributed by atoms with E-state index >= 15 is 0 Å². The highest BCUT2D eigenvalue weighted by atomic mass is 35.5. The summed E-state index contributed by atoms with van der Waals surface area (Å²) in [6.07, 6.45) is 0.905. The van der Waals surface area contributed by atoms with Crippen molar-refractivity contribution in [1.82, 2.24) is 10.3 Å². The molecule has 0 spiro atoms. The number of aromatic nitrogens is 1. The number of hydrogen-bond donors (Lipinski definition) is 3. The van der Waals surface area contributed by atoms with Crippen LogP contribution in [0.2, 0.25) is 4.34 Å². The second-order valence-electron chi connectivity index (χ2n) is 8.65. The molecule has 0 bridgehead atoms. The average molecular weight is 494 g/mol. The molecule has 0 saturated carbocycles. The van der Waals surface area contributed by atoms with Gasteiger partial charge < -0.3 is 24.9 Å². The lowest BCUT2D eigenvalue weighted by atomic mass is 9.74. The highest BCUT2D eigenvalue weighted by molar-refractivity contribution is 7.15. The molecule has 1 amide bonds. The molecule has 2 aromatic rings. The summed E-state index contributed by atoms with van der Waals surface area (Å²) < 4.78 is 6.32. The number of hydrogen-bond acceptors (Lipinski definition) is 8. The Labute approximate surface area is 203 Å². The van der Waals surface area contributed by atoms with Gasteiger partial charge in [-0.15, -0.1) is 11.3 Å². The standard InChI is InChI=1S/C22H29BClN3O5S/c1-14(2)9-19(23(29)30)26-21(28)22(10-16-7-5-4-6-8-16)11-17(27-32-22)12-31-13-18-20(24)33-15(3)25-18/h4-8,14,19,29-30H,9-13H2,1-3H3,(H,26,28). The van der Waals surface area contributed by atoms with Gasteiger partial charge >= 0.3 is 7.12 Å². The van der Waals surface area contributed by atoms with Crippen molar-refractivity contribution in [2.75, 3.05) is 6.61 Å². The number of benzene rings is 1. The second kappa shape index (κ2) is 11.4. The highest BCUT2D eigenvalue weighted by Crippen LogP contribution is 2.30. The number of oxime groups is 1. The van der Waals surface area contributed by atoms with Gasteiger partial charge in [0.05, 0.1) is 35.6 Å². The fourth-order valence-electron chi connectivity index (χ4n) is 3.71. The van der Waals surface area contributed by atoms with E-state index in [1.807, 2.05) is 51.1 Å². The van der Waals surface area contributed by atoms with E-state index < -0.39 is 24.6 Å². The first kappa shape index (κ1) is 25.6. The van der Waals surface area contributed by atoms with E-state index in [1.165, 1.54) is 11.3 Å². The number of aryl methyl sites for hydroxylation is 1. The highest BCUT2D eigenvalue weighted by Gasteiger charge is 2.48. The number of ether oxygens (including phenoxy) is 1. The summed E-state index contributed by atoms with van der Waals surface area (Å²) in [7, 11) is -1.68. The summed E-state index contributed by atoms with van der Waals surface area (Å²) in [5.74, 6) is -1.10. The van der Waals surface area contributed by atoms with Crippen molar-refractivity contribution in [2.45, 2.75) is 58.2 Å². The van der Waals surface area contributed by atoms with Gasteiger partial charge in [-0.1, -0.05) is 60.9 Å². The van der Waals surface area contributed by atoms with Gasteiger partial charge in [0.25, 0.3) is 5.91 Å². The van der Waals surface area contributed by atoms with Gasteiger partial charge in [0, 0.05) is 12.8 Å². The van der Waals surface area contributed by atoms with Gasteiger partial charge in [-0.2, -0.15) is 0 Å². The van der Waals surface area contributed by atoms with Crippen LogP contribution in [0.3, 0.4) is 0 Å². The van der Waals surface area contributed by atoms with E-state index in [-0.39, 0.29) is 32.0 Å². The molecule has 1 aromatic heterocycles. The molecule has 0 fully saturated rings. The Hall–Kier alpha value is -1.98. The number of nitrogens with zero attached hydrogens (tertiary/aromatic N) is 2. The van der Waals surface area contributed by atoms with Crippen LogP contribution in [0.1, 0.15) is 43.0 Å². The Morgan fingerprint density at radius 3 is 2.67 bits per heavy atom. The van der Waals surface area contributed by atoms with E-state index in [1.54, 1.807) is 0 Å². The smallest absolute Gasteiger partial charge is 0.426 e. The number of carbonyl (C=O) groups is 1. The van der Waals surface area contributed by atoms with Crippen LogP contribution < -0.4 is 5.32 Å². The van der Waals surface area contributed by atoms with E-state index in [9.17, 15) is 14.8 Å². The number of halogens is 1. The Morgan fingerprint density at radius 1 is 1.33 bits per heavy atom. The maximum absolute atomic E-state index is 13.4. The molecule has 178 valence electrons. The van der Waals surface area contributed by atoms with Crippen molar-refractivity contribution >= 4 is 41.7 Å². The molecule has 8 nitrogen and oxygen atoms in total. The van der Waals surface area contributed by atoms with Crippen molar-refractivity contribution in [3.8, 4) is 0 Å². The van der Waals surface area contributed by atoms with Crippen molar-refractivity contribution in [3.05, 3.63) is 50.9 Å². The van der Waals surface area contributed by atoms with Crippen molar-refractivity contribution in [2.24, 2.45) is 11.1 Å². The summed E-state index contributed by atoms with van der Waals surface area (Å²) in [6, 6.07) is 9.49. The molecule has 2 heterocycles. The Kier molecular flexibility index (Phi) is 8.89. The van der Waals surface area contributed by atoms with Crippen LogP contribution >= 0.6 is 22.9 Å². The third-order valence-electron chi connectivity index (χ3n) is 5.25. The molecule has 1 aliphatic heterocycles. The lowest BCUT2D eigenvalue weighted by molar-refractivity contribution is -0.144. The minimum absolute atomic E-state index is 0.160. The lowest BCUT2D eigenvalue weighted by Gasteiger charge is -2.29. The Bertz CT molecular complexity index is 972. The topological polar surface area (TPSA) is 113 Å². The zero-order valence-corrected chi connectivity index (χ0v) is 20.5. The summed E-state index contributed by atoms with van der Waals surface area (Å²) in [5.41, 5.74) is 0.841. The van der Waals surface area contributed by atoms with Crippen LogP contribution in [-0.4, -0.2) is 51.9 Å². The number of amides is 1. The van der Waals surface area contributed by atoms with Crippen molar-refractivity contribution in [3.63, 3.8) is 0 Å². The largest absolute Gasteiger partial charge is 0.475 e. The summed E-state index contributed by atoms with van der Waals surface area (Å²) >= 11 is 7.55. The van der Waals surface area contributed by atoms with Crippen LogP contribution in [0, 0.1) is 12.8 Å². The van der Waals surface area contributed by atoms with Crippen LogP contribution in [0.15, 0.2) is 35.5 Å². The number of thiazole rings is 1. The first-order chi connectivity index (χ1) is 15.7. The number of carbonyl (C=O) groups excluding carboxylic acids is 1. The Balaban J connectivity index is 1.69. The average Bonchev–Trinajstić information content (AvgIpc) is 3.31. The molecule has 3 N–H and O–H groups in total. The fraction of sp³-hybridized carbons (Fsp3) is 0.500. The van der Waals surface area contributed by atoms with Crippen molar-refractivity contribution < 1.29 is 24.4 Å². The third-order valence-corrected chi connectivity index (χ3v) is 6.50. The molecule has 33 heavy (non-hydrogen) atoms. The van der Waals surface area contributed by atoms with E-state index in [2.05, 4.69) is 15.5 Å². The molecule has 2 unspecified atom stereocenters. The first-order valence-corrected chi connectivity index (χ1v) is 12.0. The molecule has 1 aromatic carbocycles. The van der Waals surface area contributed by atoms with Crippen LogP contribution in [0.5, 0.6) is 0 Å². The van der Waals surface area contributed by atoms with Gasteiger partial charge in [0.15, 0.2) is 0 Å². The zero-order valence-electron chi connectivity index (χ0n) is 19.0. The first-order valence-electron chi connectivity index (χ1n) is 10.8. The van der Waals surface area contributed by atoms with E-state index in [0.717, 1.165) is 10.6 Å². The molecular weight excluding hydrogens is 465 g/mol. The number of nitrogens with one attached hydrogen (secondary N) is 1. The van der Waals surface area contributed by atoms with Crippen molar-refractivity contribution in [1.29, 1.82) is 0 Å². The predicted octanol–water partition coefficient (Wildman–Crippen LogP) is 2.92. The monoisotopic (exact) mass is 493 g/mol. The fourth-order valence-corrected chi connectivity index (χ4v) is 4.78. The number of rotatable bonds is 11. The van der Waals surface area contributed by atoms with Crippen LogP contribution in [0.4, 0.5) is 0 Å². The quantitative estimate of drug-likeness (QED) is 0.415. The molecule has 0 aliphatic carbocycles. The molecule has 0 saturated heterocycles. The van der Waals surface area contributed by atoms with Gasteiger partial charge in [-0.3, -0.25) is 4.79 Å². The maximum atomic E-state index is 13.4. The Morgan fingerprint density at radius 2 is 2.06 bits per heavy atom. The summed E-state index contributed by atoms with van der Waals surface area (Å²) in [6.45, 7) is 6.16. The minimum Gasteiger partial charge on any atom is -0.426 e. The lowest BCUT2D eigenvalue weighted by Crippen LogP contribution is -2.56. The summed E-state index contributed by atoms with van der Waals surface area (Å²) in [4.78, 5) is 23.4. The van der Waals surface area contributed by atoms with E-state index in [4.69, 9.17) is 21.2 Å². The molecule has 1 aliphatic rings. The summed E-state index contributed by atoms with van der Waals surface area (Å²) in [5, 5.41) is 27.3. The van der Waals surface area contributed by atoms with Gasteiger partial charge in [-0.25, -0.2) is 4.98 Å². The predicted molar refractivity (Wildman–Crippen MR) is 129 cm³/mol. The van der Waals surface area contributed by atoms with Crippen LogP contribution in [0.25, 0.3) is 0 Å². The minimum atomic E-state index is -1.68. The SMILES string of the molecule is Cc1nc(COCC2=NOC(Cc3ccccc3)(C(=O)NC(CC(C)C)B(O)O)C2)c(Cl)s1. The normalized spacial score (nSPS) is 18.7. The second-order valence-corrected chi connectivity index (χ2v) is 10.5. The molecule has 0 radical (unpaired) electrons. The molecule has 2 atom stereocenters. The van der Waals surface area contributed by atoms with Crippen LogP contribution in [-0.2, 0) is 27.4 Å². The molecule has 11 heteroatoms. The molecular formula is C22H29BClN3O5S. The molecule has 3 rings (SSSR count). The van der Waals surface area contributed by atoms with E-state index in [0.29, 0.717) is 22.2 Å². The van der Waals surface area contributed by atoms with Gasteiger partial charge in [0.1, 0.15) is 4.34 Å². The third kappa shape index (κ3) is 7.00. The maximum Gasteiger partial charge on any atom is 0.475 e. The zero-order chi connectivity index (χ0) is 24.0.